The predicted octanol–water partition coefficient (Wildman–Crippen LogP) is 6.47. The van der Waals surface area contributed by atoms with Crippen molar-refractivity contribution in [2.75, 3.05) is 0 Å². The maximum atomic E-state index is 2.35. The van der Waals surface area contributed by atoms with Crippen LogP contribution < -0.4 is 10.6 Å². The fourth-order valence-corrected chi connectivity index (χ4v) is 8.17. The van der Waals surface area contributed by atoms with E-state index in [9.17, 15) is 0 Å². The molecule has 142 valence electrons. The molecule has 0 N–H and O–H groups in total. The summed E-state index contributed by atoms with van der Waals surface area (Å²) < 4.78 is 0. The van der Waals surface area contributed by atoms with Crippen molar-refractivity contribution in [2.24, 2.45) is 5.92 Å². The van der Waals surface area contributed by atoms with E-state index in [2.05, 4.69) is 121 Å². The zero-order valence-corrected chi connectivity index (χ0v) is 17.4. The van der Waals surface area contributed by atoms with Crippen LogP contribution in [0.2, 0.25) is 0 Å². The van der Waals surface area contributed by atoms with Crippen molar-refractivity contribution in [1.29, 1.82) is 0 Å². The van der Waals surface area contributed by atoms with Gasteiger partial charge in [0.1, 0.15) is 0 Å². The predicted molar refractivity (Wildman–Crippen MR) is 125 cm³/mol. The third-order valence-electron chi connectivity index (χ3n) is 5.98. The van der Waals surface area contributed by atoms with E-state index in [1.165, 1.54) is 34.6 Å². The minimum Gasteiger partial charge on any atom is -0.0622 e. The highest BCUT2D eigenvalue weighted by Gasteiger charge is 2.53. The number of hydrogen-bond acceptors (Lipinski definition) is 0. The van der Waals surface area contributed by atoms with Crippen molar-refractivity contribution in [3.05, 3.63) is 132 Å². The fourth-order valence-electron chi connectivity index (χ4n) is 4.67. The maximum Gasteiger partial charge on any atom is 0.0511 e. The first kappa shape index (κ1) is 18.3. The lowest BCUT2D eigenvalue weighted by atomic mass is 9.86. The molecule has 29 heavy (non-hydrogen) atoms. The molecule has 0 aliphatic heterocycles. The van der Waals surface area contributed by atoms with Crippen LogP contribution in [0, 0.1) is 5.92 Å². The average molecular weight is 392 g/mol. The van der Waals surface area contributed by atoms with Gasteiger partial charge in [-0.05, 0) is 48.4 Å². The molecule has 0 bridgehead atoms. The molecule has 1 saturated carbocycles. The molecule has 0 nitrogen and oxygen atoms in total. The van der Waals surface area contributed by atoms with E-state index < -0.39 is 7.92 Å². The Labute approximate surface area is 175 Å². The molecule has 0 saturated heterocycles. The highest BCUT2D eigenvalue weighted by molar-refractivity contribution is 7.74. The van der Waals surface area contributed by atoms with Gasteiger partial charge in [-0.15, -0.1) is 0 Å². The minimum atomic E-state index is -0.628. The molecule has 0 atom stereocenters. The van der Waals surface area contributed by atoms with E-state index in [0.29, 0.717) is 5.92 Å². The lowest BCUT2D eigenvalue weighted by Gasteiger charge is -2.43. The zero-order chi connectivity index (χ0) is 19.5. The molecule has 1 fully saturated rings. The second-order valence-corrected chi connectivity index (χ2v) is 10.2. The van der Waals surface area contributed by atoms with Gasteiger partial charge in [0.15, 0.2) is 0 Å². The third-order valence-corrected chi connectivity index (χ3v) is 9.19. The SMILES string of the molecule is c1ccc(P(c2ccccc2)C(c2ccccc2)(c2ccccc2)C2CC2)cc1. The van der Waals surface area contributed by atoms with Crippen LogP contribution in [0.3, 0.4) is 0 Å². The molecule has 0 heterocycles. The largest absolute Gasteiger partial charge is 0.0622 e. The van der Waals surface area contributed by atoms with Crippen LogP contribution in [0.4, 0.5) is 0 Å². The molecule has 4 aromatic rings. The van der Waals surface area contributed by atoms with Gasteiger partial charge in [-0.3, -0.25) is 0 Å². The third kappa shape index (κ3) is 3.33. The van der Waals surface area contributed by atoms with Crippen LogP contribution in [0.15, 0.2) is 121 Å². The maximum absolute atomic E-state index is 2.35. The van der Waals surface area contributed by atoms with Gasteiger partial charge in [0.2, 0.25) is 0 Å². The van der Waals surface area contributed by atoms with Crippen molar-refractivity contribution >= 4 is 18.5 Å². The van der Waals surface area contributed by atoms with Gasteiger partial charge in [-0.1, -0.05) is 121 Å². The van der Waals surface area contributed by atoms with Crippen molar-refractivity contribution in [2.45, 2.75) is 18.0 Å². The van der Waals surface area contributed by atoms with Crippen LogP contribution in [0.1, 0.15) is 24.0 Å². The smallest absolute Gasteiger partial charge is 0.0511 e. The number of hydrogen-bond donors (Lipinski definition) is 0. The number of rotatable bonds is 6. The first-order valence-corrected chi connectivity index (χ1v) is 11.8. The Balaban J connectivity index is 1.85. The molecule has 5 rings (SSSR count). The number of benzene rings is 4. The summed E-state index contributed by atoms with van der Waals surface area (Å²) in [6, 6.07) is 44.9. The molecular formula is C28H25P. The summed E-state index contributed by atoms with van der Waals surface area (Å²) in [7, 11) is -0.628. The molecule has 0 amide bonds. The lowest BCUT2D eigenvalue weighted by molar-refractivity contribution is 0.633. The zero-order valence-electron chi connectivity index (χ0n) is 16.5. The van der Waals surface area contributed by atoms with E-state index in [1.807, 2.05) is 0 Å². The first-order valence-electron chi connectivity index (χ1n) is 10.4. The first-order chi connectivity index (χ1) is 14.4. The van der Waals surface area contributed by atoms with Gasteiger partial charge in [-0.25, -0.2) is 0 Å². The van der Waals surface area contributed by atoms with Crippen LogP contribution in [-0.4, -0.2) is 0 Å². The molecule has 0 radical (unpaired) electrons. The topological polar surface area (TPSA) is 0 Å². The van der Waals surface area contributed by atoms with E-state index in [4.69, 9.17) is 0 Å². The quantitative estimate of drug-likeness (QED) is 0.330. The summed E-state index contributed by atoms with van der Waals surface area (Å²) in [6.45, 7) is 0. The summed E-state index contributed by atoms with van der Waals surface area (Å²) >= 11 is 0. The standard InChI is InChI=1S/C28H25P/c1-5-13-23(14-6-1)28(25-21-22-25,24-15-7-2-8-16-24)29(26-17-9-3-10-18-26)27-19-11-4-12-20-27/h1-20,25H,21-22H2. The Morgan fingerprint density at radius 3 is 1.17 bits per heavy atom. The van der Waals surface area contributed by atoms with Crippen LogP contribution >= 0.6 is 7.92 Å². The molecule has 1 heteroatoms. The van der Waals surface area contributed by atoms with Gasteiger partial charge in [0.25, 0.3) is 0 Å². The van der Waals surface area contributed by atoms with Crippen LogP contribution in [0.5, 0.6) is 0 Å². The highest BCUT2D eigenvalue weighted by Crippen LogP contribution is 2.67. The van der Waals surface area contributed by atoms with E-state index >= 15 is 0 Å². The second-order valence-electron chi connectivity index (χ2n) is 7.78. The summed E-state index contributed by atoms with van der Waals surface area (Å²) in [4.78, 5) is 0. The van der Waals surface area contributed by atoms with Crippen molar-refractivity contribution in [3.63, 3.8) is 0 Å². The van der Waals surface area contributed by atoms with Crippen LogP contribution in [-0.2, 0) is 5.16 Å². The summed E-state index contributed by atoms with van der Waals surface area (Å²) in [5, 5.41) is 2.89. The van der Waals surface area contributed by atoms with Crippen molar-refractivity contribution in [1.82, 2.24) is 0 Å². The van der Waals surface area contributed by atoms with Gasteiger partial charge in [0.05, 0.1) is 5.16 Å². The minimum absolute atomic E-state index is 0.0133. The normalized spacial score (nSPS) is 14.1. The van der Waals surface area contributed by atoms with Gasteiger partial charge >= 0.3 is 0 Å². The van der Waals surface area contributed by atoms with Gasteiger partial charge in [0, 0.05) is 0 Å². The molecular weight excluding hydrogens is 367 g/mol. The summed E-state index contributed by atoms with van der Waals surface area (Å²) in [5.41, 5.74) is 2.90. The lowest BCUT2D eigenvalue weighted by Crippen LogP contribution is -2.36. The molecule has 4 aromatic carbocycles. The summed E-state index contributed by atoms with van der Waals surface area (Å²) in [5.74, 6) is 0.666. The Morgan fingerprint density at radius 1 is 0.483 bits per heavy atom. The van der Waals surface area contributed by atoms with Crippen LogP contribution in [0.25, 0.3) is 0 Å². The Hall–Kier alpha value is -2.69. The second kappa shape index (κ2) is 7.97. The Morgan fingerprint density at radius 2 is 0.828 bits per heavy atom. The van der Waals surface area contributed by atoms with Gasteiger partial charge < -0.3 is 0 Å². The van der Waals surface area contributed by atoms with E-state index in [-0.39, 0.29) is 5.16 Å². The summed E-state index contributed by atoms with van der Waals surface area (Å²) in [6.07, 6.45) is 2.59. The average Bonchev–Trinajstić information content (AvgIpc) is 3.65. The molecule has 0 spiro atoms. The Kier molecular flexibility index (Phi) is 5.04. The van der Waals surface area contributed by atoms with Gasteiger partial charge in [-0.2, -0.15) is 0 Å². The van der Waals surface area contributed by atoms with Crippen molar-refractivity contribution < 1.29 is 0 Å². The van der Waals surface area contributed by atoms with E-state index in [0.717, 1.165) is 0 Å². The highest BCUT2D eigenvalue weighted by atomic mass is 31.1. The molecule has 1 aliphatic carbocycles. The fraction of sp³-hybridized carbons (Fsp3) is 0.143. The molecule has 1 aliphatic rings. The van der Waals surface area contributed by atoms with Crippen molar-refractivity contribution in [3.8, 4) is 0 Å². The Bertz CT molecular complexity index is 959. The monoisotopic (exact) mass is 392 g/mol. The molecule has 0 aromatic heterocycles. The van der Waals surface area contributed by atoms with E-state index in [1.54, 1.807) is 0 Å². The molecule has 0 unspecified atom stereocenters.